The van der Waals surface area contributed by atoms with Crippen molar-refractivity contribution < 1.29 is 28.9 Å². The summed E-state index contributed by atoms with van der Waals surface area (Å²) in [5, 5.41) is 9.21. The summed E-state index contributed by atoms with van der Waals surface area (Å²) in [6, 6.07) is -0.979. The van der Waals surface area contributed by atoms with Gasteiger partial charge in [0, 0.05) is 6.42 Å². The Bertz CT molecular complexity index is 382. The van der Waals surface area contributed by atoms with E-state index in [1.165, 1.54) is 4.90 Å². The molecule has 2 aliphatic rings. The molecule has 2 heterocycles. The molecule has 0 aromatic heterocycles. The van der Waals surface area contributed by atoms with Gasteiger partial charge in [0.1, 0.15) is 11.6 Å². The Morgan fingerprint density at radius 1 is 1.32 bits per heavy atom. The summed E-state index contributed by atoms with van der Waals surface area (Å²) in [6.45, 7) is 6.10. The van der Waals surface area contributed by atoms with Gasteiger partial charge in [-0.3, -0.25) is 4.90 Å². The van der Waals surface area contributed by atoms with E-state index in [2.05, 4.69) is 0 Å². The van der Waals surface area contributed by atoms with Crippen molar-refractivity contribution in [2.75, 3.05) is 19.8 Å². The average molecular weight is 273 g/mol. The van der Waals surface area contributed by atoms with Crippen molar-refractivity contribution in [3.8, 4) is 0 Å². The van der Waals surface area contributed by atoms with E-state index in [1.54, 1.807) is 20.8 Å². The van der Waals surface area contributed by atoms with E-state index in [1.807, 2.05) is 0 Å². The van der Waals surface area contributed by atoms with Gasteiger partial charge in [0.15, 0.2) is 5.79 Å². The Kier molecular flexibility index (Phi) is 3.44. The quantitative estimate of drug-likeness (QED) is 0.761. The number of hydrogen-bond acceptors (Lipinski definition) is 5. The zero-order valence-corrected chi connectivity index (χ0v) is 11.3. The monoisotopic (exact) mass is 273 g/mol. The lowest BCUT2D eigenvalue weighted by Gasteiger charge is -2.27. The second-order valence-corrected chi connectivity index (χ2v) is 5.77. The summed E-state index contributed by atoms with van der Waals surface area (Å²) in [7, 11) is 0. The number of carbonyl (C=O) groups is 2. The van der Waals surface area contributed by atoms with E-state index < -0.39 is 29.5 Å². The Balaban J connectivity index is 2.13. The highest BCUT2D eigenvalue weighted by atomic mass is 16.7. The van der Waals surface area contributed by atoms with Crippen molar-refractivity contribution in [3.63, 3.8) is 0 Å². The van der Waals surface area contributed by atoms with Crippen LogP contribution in [0.3, 0.4) is 0 Å². The number of nitrogens with zero attached hydrogens (tertiary/aromatic N) is 1. The van der Waals surface area contributed by atoms with Crippen LogP contribution in [0.1, 0.15) is 27.2 Å². The van der Waals surface area contributed by atoms with Gasteiger partial charge in [-0.15, -0.1) is 0 Å². The fourth-order valence-corrected chi connectivity index (χ4v) is 2.28. The first kappa shape index (κ1) is 14.1. The number of aliphatic carboxylic acids is 1. The maximum Gasteiger partial charge on any atom is 0.411 e. The molecular weight excluding hydrogens is 254 g/mol. The fourth-order valence-electron chi connectivity index (χ4n) is 2.28. The number of hydrogen-bond donors (Lipinski definition) is 1. The molecule has 1 N–H and O–H groups in total. The van der Waals surface area contributed by atoms with Gasteiger partial charge in [-0.1, -0.05) is 0 Å². The van der Waals surface area contributed by atoms with Crippen LogP contribution in [-0.4, -0.2) is 59.3 Å². The minimum atomic E-state index is -1.08. The summed E-state index contributed by atoms with van der Waals surface area (Å²) < 4.78 is 16.1. The predicted octanol–water partition coefficient (Wildman–Crippen LogP) is 0.824. The van der Waals surface area contributed by atoms with Crippen LogP contribution in [-0.2, 0) is 19.0 Å². The van der Waals surface area contributed by atoms with Crippen molar-refractivity contribution >= 4 is 12.1 Å². The first-order valence-electron chi connectivity index (χ1n) is 6.23. The molecule has 2 aliphatic heterocycles. The third-order valence-electron chi connectivity index (χ3n) is 3.02. The summed E-state index contributed by atoms with van der Waals surface area (Å²) in [4.78, 5) is 24.5. The smallest absolute Gasteiger partial charge is 0.411 e. The number of carboxylic acids is 1. The molecule has 2 fully saturated rings. The molecule has 0 aromatic carbocycles. The van der Waals surface area contributed by atoms with Crippen LogP contribution in [0.5, 0.6) is 0 Å². The van der Waals surface area contributed by atoms with E-state index in [0.29, 0.717) is 13.2 Å². The van der Waals surface area contributed by atoms with E-state index >= 15 is 0 Å². The number of likely N-dealkylation sites (tertiary alicyclic amines) is 1. The molecule has 19 heavy (non-hydrogen) atoms. The zero-order valence-electron chi connectivity index (χ0n) is 11.3. The lowest BCUT2D eigenvalue weighted by Crippen LogP contribution is -2.44. The first-order chi connectivity index (χ1) is 8.72. The molecule has 0 aromatic rings. The lowest BCUT2D eigenvalue weighted by atomic mass is 10.1. The van der Waals surface area contributed by atoms with Crippen LogP contribution in [0.25, 0.3) is 0 Å². The van der Waals surface area contributed by atoms with Crippen LogP contribution >= 0.6 is 0 Å². The van der Waals surface area contributed by atoms with Gasteiger partial charge >= 0.3 is 12.1 Å². The molecule has 0 radical (unpaired) electrons. The van der Waals surface area contributed by atoms with Crippen LogP contribution in [0, 0.1) is 0 Å². The van der Waals surface area contributed by atoms with E-state index in [-0.39, 0.29) is 13.0 Å². The molecule has 1 atom stereocenters. The van der Waals surface area contributed by atoms with Gasteiger partial charge in [-0.25, -0.2) is 9.59 Å². The molecule has 1 unspecified atom stereocenters. The van der Waals surface area contributed by atoms with Crippen LogP contribution < -0.4 is 0 Å². The van der Waals surface area contributed by atoms with Gasteiger partial charge in [-0.2, -0.15) is 0 Å². The summed E-state index contributed by atoms with van der Waals surface area (Å²) in [5.74, 6) is -2.07. The largest absolute Gasteiger partial charge is 0.480 e. The topological polar surface area (TPSA) is 85.3 Å². The lowest BCUT2D eigenvalue weighted by molar-refractivity contribution is -0.150. The van der Waals surface area contributed by atoms with Crippen molar-refractivity contribution in [2.45, 2.75) is 44.6 Å². The molecule has 0 aliphatic carbocycles. The fraction of sp³-hybridized carbons (Fsp3) is 0.833. The van der Waals surface area contributed by atoms with Gasteiger partial charge in [0.2, 0.25) is 0 Å². The second-order valence-electron chi connectivity index (χ2n) is 5.77. The SMILES string of the molecule is CC(C)(C)OC(=O)N1CC2(CC1C(=O)O)OCCO2. The van der Waals surface area contributed by atoms with E-state index in [0.717, 1.165) is 0 Å². The minimum absolute atomic E-state index is 0.0822. The van der Waals surface area contributed by atoms with Gasteiger partial charge < -0.3 is 19.3 Å². The molecule has 2 rings (SSSR count). The summed E-state index contributed by atoms with van der Waals surface area (Å²) in [6.07, 6.45) is -0.530. The van der Waals surface area contributed by atoms with Crippen molar-refractivity contribution in [2.24, 2.45) is 0 Å². The highest BCUT2D eigenvalue weighted by Crippen LogP contribution is 2.35. The highest BCUT2D eigenvalue weighted by Gasteiger charge is 2.53. The number of rotatable bonds is 1. The van der Waals surface area contributed by atoms with Crippen molar-refractivity contribution in [1.29, 1.82) is 0 Å². The molecular formula is C12H19NO6. The maximum atomic E-state index is 12.0. The number of ether oxygens (including phenoxy) is 3. The molecule has 0 bridgehead atoms. The van der Waals surface area contributed by atoms with E-state index in [4.69, 9.17) is 14.2 Å². The molecule has 7 nitrogen and oxygen atoms in total. The predicted molar refractivity (Wildman–Crippen MR) is 63.6 cm³/mol. The second kappa shape index (κ2) is 4.64. The van der Waals surface area contributed by atoms with Crippen molar-refractivity contribution in [1.82, 2.24) is 4.90 Å². The number of amides is 1. The molecule has 1 amide bonds. The van der Waals surface area contributed by atoms with Crippen LogP contribution in [0.15, 0.2) is 0 Å². The van der Waals surface area contributed by atoms with E-state index in [9.17, 15) is 14.7 Å². The Labute approximate surface area is 111 Å². The zero-order chi connectivity index (χ0) is 14.3. The molecule has 108 valence electrons. The number of carbonyl (C=O) groups excluding carboxylic acids is 1. The van der Waals surface area contributed by atoms with Gasteiger partial charge in [-0.05, 0) is 20.8 Å². The average Bonchev–Trinajstić information content (AvgIpc) is 2.84. The maximum absolute atomic E-state index is 12.0. The molecule has 7 heteroatoms. The third-order valence-corrected chi connectivity index (χ3v) is 3.02. The summed E-state index contributed by atoms with van der Waals surface area (Å²) in [5.41, 5.74) is -0.673. The number of carboxylic acid groups (broad SMARTS) is 1. The van der Waals surface area contributed by atoms with Gasteiger partial charge in [0.05, 0.1) is 19.8 Å². The third kappa shape index (κ3) is 2.98. The summed E-state index contributed by atoms with van der Waals surface area (Å²) >= 11 is 0. The van der Waals surface area contributed by atoms with Gasteiger partial charge in [0.25, 0.3) is 0 Å². The minimum Gasteiger partial charge on any atom is -0.480 e. The Hall–Kier alpha value is -1.34. The normalized spacial score (nSPS) is 25.8. The standard InChI is InChI=1S/C12H19NO6/c1-11(2,3)19-10(16)13-7-12(17-4-5-18-12)6-8(13)9(14)15/h8H,4-7H2,1-3H3,(H,14,15). The van der Waals surface area contributed by atoms with Crippen molar-refractivity contribution in [3.05, 3.63) is 0 Å². The Morgan fingerprint density at radius 3 is 2.37 bits per heavy atom. The van der Waals surface area contributed by atoms with Crippen LogP contribution in [0.2, 0.25) is 0 Å². The molecule has 1 spiro atoms. The van der Waals surface area contributed by atoms with Crippen LogP contribution in [0.4, 0.5) is 4.79 Å². The Morgan fingerprint density at radius 2 is 1.89 bits per heavy atom. The molecule has 0 saturated carbocycles. The first-order valence-corrected chi connectivity index (χ1v) is 6.23. The highest BCUT2D eigenvalue weighted by molar-refractivity contribution is 5.81. The molecule has 2 saturated heterocycles.